The van der Waals surface area contributed by atoms with E-state index in [-0.39, 0.29) is 24.8 Å². The number of fused-ring (bicyclic) bond motifs is 3. The van der Waals surface area contributed by atoms with E-state index in [0.29, 0.717) is 5.92 Å². The fraction of sp³-hybridized carbons (Fsp3) is 0.233. The van der Waals surface area contributed by atoms with Crippen LogP contribution in [-0.2, 0) is 27.7 Å². The number of halogens is 2. The summed E-state index contributed by atoms with van der Waals surface area (Å²) in [6.07, 6.45) is 4.73. The van der Waals surface area contributed by atoms with Crippen LogP contribution < -0.4 is 28.1 Å². The predicted molar refractivity (Wildman–Crippen MR) is 131 cm³/mol. The average molecular weight is 553 g/mol. The molecule has 0 radical (unpaired) electrons. The van der Waals surface area contributed by atoms with Gasteiger partial charge in [-0.05, 0) is 0 Å². The van der Waals surface area contributed by atoms with Crippen molar-refractivity contribution in [1.29, 1.82) is 0 Å². The average Bonchev–Trinajstić information content (AvgIpc) is 3.29. The summed E-state index contributed by atoms with van der Waals surface area (Å²) in [6, 6.07) is 27.4. The summed E-state index contributed by atoms with van der Waals surface area (Å²) in [7, 11) is 0. The summed E-state index contributed by atoms with van der Waals surface area (Å²) in [5.74, 6) is 0.555. The summed E-state index contributed by atoms with van der Waals surface area (Å²) >= 11 is -2.36. The first kappa shape index (κ1) is 26.1. The van der Waals surface area contributed by atoms with Gasteiger partial charge in [-0.3, -0.25) is 0 Å². The second-order valence-electron chi connectivity index (χ2n) is 8.92. The quantitative estimate of drug-likeness (QED) is 0.355. The van der Waals surface area contributed by atoms with Crippen molar-refractivity contribution in [3.63, 3.8) is 0 Å². The first-order valence-corrected chi connectivity index (χ1v) is 15.2. The molecule has 3 heteroatoms. The molecule has 2 aliphatic rings. The van der Waals surface area contributed by atoms with Crippen LogP contribution in [-0.4, -0.2) is 3.21 Å². The molecule has 0 heterocycles. The Morgan fingerprint density at radius 2 is 1.52 bits per heavy atom. The Morgan fingerprint density at radius 3 is 2.18 bits per heavy atom. The van der Waals surface area contributed by atoms with Crippen molar-refractivity contribution in [3.8, 4) is 11.1 Å². The van der Waals surface area contributed by atoms with E-state index in [0.717, 1.165) is 12.8 Å². The predicted octanol–water partition coefficient (Wildman–Crippen LogP) is 1.01. The second-order valence-corrected chi connectivity index (χ2v) is 14.9. The van der Waals surface area contributed by atoms with E-state index in [4.69, 9.17) is 0 Å². The van der Waals surface area contributed by atoms with Crippen LogP contribution in [0.15, 0.2) is 93.3 Å². The standard InChI is InChI=1S/C13H9.C9H10.C8H11.2ClH.Zr/c1-3-7-12-10(5-1)9-11-6-2-4-8-13(11)12;1-2-6-9-7-4-3-5-8-9;1-6-4-7(2)8(3)5-6;;;/h1-5,7-8H,9H2;3-5,7-8H,2H2,1H3;4,6H,1-3H3;2*1H;/q;;;;;+2/p-2. The molecule has 0 N–H and O–H groups in total. The fourth-order valence-corrected chi connectivity index (χ4v) is 14.5. The molecular formula is C30H30Cl2Zr. The van der Waals surface area contributed by atoms with Gasteiger partial charge in [-0.2, -0.15) is 0 Å². The van der Waals surface area contributed by atoms with Crippen LogP contribution in [0.5, 0.6) is 0 Å². The van der Waals surface area contributed by atoms with Gasteiger partial charge in [-0.25, -0.2) is 0 Å². The molecule has 0 aliphatic heterocycles. The zero-order valence-electron chi connectivity index (χ0n) is 19.8. The van der Waals surface area contributed by atoms with Crippen molar-refractivity contribution < 1.29 is 46.1 Å². The Morgan fingerprint density at radius 1 is 0.848 bits per heavy atom. The van der Waals surface area contributed by atoms with Gasteiger partial charge in [0.25, 0.3) is 0 Å². The van der Waals surface area contributed by atoms with Crippen molar-refractivity contribution in [3.05, 3.63) is 110 Å². The Labute approximate surface area is 218 Å². The molecule has 3 aromatic carbocycles. The molecule has 0 aromatic heterocycles. The molecule has 3 aromatic rings. The summed E-state index contributed by atoms with van der Waals surface area (Å²) in [6.45, 7) is 9.48. The molecule has 0 bridgehead atoms. The van der Waals surface area contributed by atoms with E-state index < -0.39 is 21.3 Å². The van der Waals surface area contributed by atoms with Crippen molar-refractivity contribution in [2.75, 3.05) is 0 Å². The van der Waals surface area contributed by atoms with Crippen LogP contribution in [0.2, 0.25) is 0 Å². The van der Waals surface area contributed by atoms with Crippen LogP contribution in [0.3, 0.4) is 0 Å². The third-order valence-electron chi connectivity index (χ3n) is 7.12. The minimum absolute atomic E-state index is 0. The van der Waals surface area contributed by atoms with Gasteiger partial charge in [0.05, 0.1) is 0 Å². The van der Waals surface area contributed by atoms with Crippen molar-refractivity contribution in [2.24, 2.45) is 5.92 Å². The Bertz CT molecular complexity index is 1270. The minimum atomic E-state index is -2.36. The van der Waals surface area contributed by atoms with Crippen LogP contribution in [0.4, 0.5) is 0 Å². The third-order valence-corrected chi connectivity index (χ3v) is 16.0. The van der Waals surface area contributed by atoms with Crippen LogP contribution in [0.1, 0.15) is 50.8 Å². The maximum absolute atomic E-state index is 2.50. The molecule has 1 unspecified atom stereocenters. The summed E-state index contributed by atoms with van der Waals surface area (Å²) in [5.41, 5.74) is 10.5. The van der Waals surface area contributed by atoms with Gasteiger partial charge in [0.2, 0.25) is 0 Å². The molecule has 0 amide bonds. The molecule has 0 spiro atoms. The molecule has 2 aliphatic carbocycles. The molecule has 168 valence electrons. The first-order chi connectivity index (χ1) is 15.1. The minimum Gasteiger partial charge on any atom is -1.00 e. The molecule has 0 saturated carbocycles. The van der Waals surface area contributed by atoms with Crippen LogP contribution in [0, 0.1) is 5.92 Å². The van der Waals surface area contributed by atoms with E-state index in [1.165, 1.54) is 27.8 Å². The van der Waals surface area contributed by atoms with Gasteiger partial charge >= 0.3 is 195 Å². The second kappa shape index (κ2) is 10.8. The molecule has 1 atom stereocenters. The maximum atomic E-state index is 2.50. The zero-order chi connectivity index (χ0) is 21.5. The molecule has 0 fully saturated rings. The van der Waals surface area contributed by atoms with Gasteiger partial charge in [-0.1, -0.05) is 0 Å². The fourth-order valence-electron chi connectivity index (χ4n) is 5.58. The van der Waals surface area contributed by atoms with Crippen molar-refractivity contribution >= 4 is 6.48 Å². The van der Waals surface area contributed by atoms with E-state index in [1.54, 1.807) is 20.9 Å². The van der Waals surface area contributed by atoms with E-state index in [2.05, 4.69) is 107 Å². The maximum Gasteiger partial charge on any atom is -1.00 e. The van der Waals surface area contributed by atoms with Gasteiger partial charge in [-0.15, -0.1) is 0 Å². The zero-order valence-corrected chi connectivity index (χ0v) is 23.7. The number of allylic oxidation sites excluding steroid dienone is 4. The smallest absolute Gasteiger partial charge is 1.00 e. The van der Waals surface area contributed by atoms with Gasteiger partial charge in [0, 0.05) is 0 Å². The van der Waals surface area contributed by atoms with Crippen LogP contribution in [0.25, 0.3) is 11.1 Å². The molecule has 0 nitrogen and oxygen atoms in total. The largest absolute Gasteiger partial charge is 1.00 e. The van der Waals surface area contributed by atoms with Gasteiger partial charge < -0.3 is 24.8 Å². The van der Waals surface area contributed by atoms with Gasteiger partial charge in [0.15, 0.2) is 0 Å². The number of rotatable bonds is 4. The number of benzene rings is 3. The Hall–Kier alpha value is -1.53. The normalized spacial score (nSPS) is 16.3. The Balaban J connectivity index is 0.00000153. The van der Waals surface area contributed by atoms with E-state index >= 15 is 0 Å². The topological polar surface area (TPSA) is 0 Å². The summed E-state index contributed by atoms with van der Waals surface area (Å²) < 4.78 is 5.21. The Kier molecular flexibility index (Phi) is 8.55. The number of hydrogen-bond acceptors (Lipinski definition) is 0. The summed E-state index contributed by atoms with van der Waals surface area (Å²) in [4.78, 5) is 0. The molecule has 0 saturated heterocycles. The van der Waals surface area contributed by atoms with Gasteiger partial charge in [0.1, 0.15) is 0 Å². The van der Waals surface area contributed by atoms with Crippen molar-refractivity contribution in [1.82, 2.24) is 0 Å². The SMILES string of the molecule is CC/[C](c1ccccc1)=[Zr+2](\[C]1=C(C)C(C)=CC1C)[c]1cccc2c1Cc1ccccc1-2.[Cl-].[Cl-]. The van der Waals surface area contributed by atoms with E-state index in [9.17, 15) is 0 Å². The molecule has 33 heavy (non-hydrogen) atoms. The van der Waals surface area contributed by atoms with Crippen LogP contribution >= 0.6 is 0 Å². The molecule has 5 rings (SSSR count). The number of hydrogen-bond donors (Lipinski definition) is 0. The monoisotopic (exact) mass is 550 g/mol. The third kappa shape index (κ3) is 4.58. The van der Waals surface area contributed by atoms with Crippen molar-refractivity contribution in [2.45, 2.75) is 40.5 Å². The summed E-state index contributed by atoms with van der Waals surface area (Å²) in [5, 5.41) is 0. The molecular weight excluding hydrogens is 522 g/mol. The van der Waals surface area contributed by atoms with E-state index in [1.807, 2.05) is 0 Å². The first-order valence-electron chi connectivity index (χ1n) is 11.5.